The zero-order chi connectivity index (χ0) is 14.8. The summed E-state index contributed by atoms with van der Waals surface area (Å²) in [6.45, 7) is 1.32. The average Bonchev–Trinajstić information content (AvgIpc) is 2.81. The van der Waals surface area contributed by atoms with Crippen molar-refractivity contribution in [2.45, 2.75) is 25.3 Å². The zero-order valence-corrected chi connectivity index (χ0v) is 15.0. The Bertz CT molecular complexity index is 544. The van der Waals surface area contributed by atoms with Crippen molar-refractivity contribution in [3.05, 3.63) is 20.8 Å². The smallest absolute Gasteiger partial charge is 0.211 e. The Balaban J connectivity index is 2.03. The molecule has 1 aromatic rings. The first-order chi connectivity index (χ1) is 9.41. The molecule has 1 N–H and O–H groups in total. The number of nitrogens with zero attached hydrogens (tertiary/aromatic N) is 1. The Morgan fingerprint density at radius 2 is 2.35 bits per heavy atom. The van der Waals surface area contributed by atoms with Gasteiger partial charge >= 0.3 is 0 Å². The molecular weight excluding hydrogens is 360 g/mol. The van der Waals surface area contributed by atoms with Crippen LogP contribution in [-0.4, -0.2) is 39.1 Å². The van der Waals surface area contributed by atoms with E-state index < -0.39 is 10.0 Å². The predicted molar refractivity (Wildman–Crippen MR) is 87.6 cm³/mol. The van der Waals surface area contributed by atoms with Crippen molar-refractivity contribution in [2.24, 2.45) is 5.92 Å². The van der Waals surface area contributed by atoms with Gasteiger partial charge in [-0.2, -0.15) is 0 Å². The highest BCUT2D eigenvalue weighted by atomic mass is 79.9. The van der Waals surface area contributed by atoms with Crippen molar-refractivity contribution in [2.75, 3.05) is 26.4 Å². The number of piperidine rings is 1. The van der Waals surface area contributed by atoms with Crippen LogP contribution in [0.15, 0.2) is 15.9 Å². The van der Waals surface area contributed by atoms with Crippen LogP contribution in [-0.2, 0) is 10.0 Å². The van der Waals surface area contributed by atoms with E-state index in [0.29, 0.717) is 19.0 Å². The third kappa shape index (κ3) is 4.04. The van der Waals surface area contributed by atoms with Gasteiger partial charge in [0.25, 0.3) is 0 Å². The second-order valence-electron chi connectivity index (χ2n) is 5.34. The lowest BCUT2D eigenvalue weighted by Crippen LogP contribution is -2.40. The second kappa shape index (κ2) is 6.87. The summed E-state index contributed by atoms with van der Waals surface area (Å²) >= 11 is 5.32. The van der Waals surface area contributed by atoms with Crippen molar-refractivity contribution in [3.63, 3.8) is 0 Å². The number of hydrogen-bond donors (Lipinski definition) is 1. The molecule has 1 aliphatic heterocycles. The van der Waals surface area contributed by atoms with Crippen molar-refractivity contribution in [1.29, 1.82) is 0 Å². The van der Waals surface area contributed by atoms with E-state index >= 15 is 0 Å². The monoisotopic (exact) mass is 380 g/mol. The van der Waals surface area contributed by atoms with Crippen molar-refractivity contribution >= 4 is 37.3 Å². The van der Waals surface area contributed by atoms with Crippen LogP contribution in [0.1, 0.15) is 30.2 Å². The van der Waals surface area contributed by atoms with Gasteiger partial charge in [-0.15, -0.1) is 11.3 Å². The highest BCUT2D eigenvalue weighted by Crippen LogP contribution is 2.34. The van der Waals surface area contributed by atoms with Gasteiger partial charge in [0.15, 0.2) is 0 Å². The molecule has 2 atom stereocenters. The van der Waals surface area contributed by atoms with E-state index in [1.165, 1.54) is 11.1 Å². The van der Waals surface area contributed by atoms with Crippen molar-refractivity contribution in [1.82, 2.24) is 9.62 Å². The molecule has 0 bridgehead atoms. The minimum Gasteiger partial charge on any atom is -0.312 e. The summed E-state index contributed by atoms with van der Waals surface area (Å²) in [5.74, 6) is 0.421. The molecule has 1 aromatic heterocycles. The molecule has 0 spiro atoms. The van der Waals surface area contributed by atoms with E-state index in [4.69, 9.17) is 0 Å². The molecule has 1 saturated heterocycles. The maximum absolute atomic E-state index is 11.7. The number of halogens is 1. The molecular formula is C13H21BrN2O2S2. The highest BCUT2D eigenvalue weighted by molar-refractivity contribution is 9.10. The van der Waals surface area contributed by atoms with E-state index in [2.05, 4.69) is 32.7 Å². The van der Waals surface area contributed by atoms with Crippen LogP contribution in [0.5, 0.6) is 0 Å². The largest absolute Gasteiger partial charge is 0.312 e. The van der Waals surface area contributed by atoms with Gasteiger partial charge in [0.2, 0.25) is 10.0 Å². The fourth-order valence-electron chi connectivity index (χ4n) is 2.76. The molecule has 0 aromatic carbocycles. The van der Waals surface area contributed by atoms with Gasteiger partial charge in [0.1, 0.15) is 0 Å². The minimum atomic E-state index is -3.06. The predicted octanol–water partition coefficient (Wildman–Crippen LogP) is 2.83. The molecule has 0 aliphatic carbocycles. The maximum Gasteiger partial charge on any atom is 0.211 e. The lowest BCUT2D eigenvalue weighted by Gasteiger charge is -2.32. The summed E-state index contributed by atoms with van der Waals surface area (Å²) in [5.41, 5.74) is 0. The standard InChI is InChI=1S/C13H21BrN2O2S2/c1-15-12(13-11(14)5-7-19-13)8-10-4-3-6-16(9-10)20(2,17)18/h5,7,10,12,15H,3-4,6,8-9H2,1-2H3. The van der Waals surface area contributed by atoms with Crippen LogP contribution >= 0.6 is 27.3 Å². The lowest BCUT2D eigenvalue weighted by molar-refractivity contribution is 0.241. The molecule has 7 heteroatoms. The summed E-state index contributed by atoms with van der Waals surface area (Å²) in [5, 5.41) is 5.44. The van der Waals surface area contributed by atoms with Gasteiger partial charge < -0.3 is 5.32 Å². The van der Waals surface area contributed by atoms with E-state index in [9.17, 15) is 8.42 Å². The first kappa shape index (κ1) is 16.4. The molecule has 1 aliphatic rings. The van der Waals surface area contributed by atoms with Gasteiger partial charge in [-0.05, 0) is 59.6 Å². The topological polar surface area (TPSA) is 49.4 Å². The van der Waals surface area contributed by atoms with E-state index in [1.807, 2.05) is 7.05 Å². The van der Waals surface area contributed by atoms with Gasteiger partial charge in [-0.3, -0.25) is 0 Å². The molecule has 20 heavy (non-hydrogen) atoms. The normalized spacial score (nSPS) is 22.9. The Morgan fingerprint density at radius 3 is 2.90 bits per heavy atom. The summed E-state index contributed by atoms with van der Waals surface area (Å²) in [6.07, 6.45) is 4.34. The quantitative estimate of drug-likeness (QED) is 0.853. The lowest BCUT2D eigenvalue weighted by atomic mass is 9.92. The summed E-state index contributed by atoms with van der Waals surface area (Å²) in [4.78, 5) is 1.30. The van der Waals surface area contributed by atoms with Gasteiger partial charge in [0, 0.05) is 28.5 Å². The van der Waals surface area contributed by atoms with Crippen LogP contribution < -0.4 is 5.32 Å². The van der Waals surface area contributed by atoms with Gasteiger partial charge in [0.05, 0.1) is 6.26 Å². The molecule has 0 saturated carbocycles. The van der Waals surface area contributed by atoms with Crippen LogP contribution in [0, 0.1) is 5.92 Å². The average molecular weight is 381 g/mol. The fraction of sp³-hybridized carbons (Fsp3) is 0.692. The number of thiophene rings is 1. The van der Waals surface area contributed by atoms with Crippen molar-refractivity contribution < 1.29 is 8.42 Å². The number of hydrogen-bond acceptors (Lipinski definition) is 4. The van der Waals surface area contributed by atoms with Crippen LogP contribution in [0.2, 0.25) is 0 Å². The second-order valence-corrected chi connectivity index (χ2v) is 9.12. The fourth-order valence-corrected chi connectivity index (χ4v) is 5.48. The maximum atomic E-state index is 11.7. The first-order valence-corrected chi connectivity index (χ1v) is 10.3. The summed E-state index contributed by atoms with van der Waals surface area (Å²) < 4.78 is 26.1. The first-order valence-electron chi connectivity index (χ1n) is 6.77. The molecule has 2 heterocycles. The van der Waals surface area contributed by atoms with Crippen LogP contribution in [0.25, 0.3) is 0 Å². The molecule has 1 fully saturated rings. The minimum absolute atomic E-state index is 0.286. The number of nitrogens with one attached hydrogen (secondary N) is 1. The molecule has 2 unspecified atom stereocenters. The van der Waals surface area contributed by atoms with Gasteiger partial charge in [-0.25, -0.2) is 12.7 Å². The van der Waals surface area contributed by atoms with Gasteiger partial charge in [-0.1, -0.05) is 0 Å². The summed E-state index contributed by atoms with van der Waals surface area (Å²) in [7, 11) is -1.09. The highest BCUT2D eigenvalue weighted by Gasteiger charge is 2.28. The Kier molecular flexibility index (Phi) is 5.64. The molecule has 0 radical (unpaired) electrons. The van der Waals surface area contributed by atoms with Crippen molar-refractivity contribution in [3.8, 4) is 0 Å². The Morgan fingerprint density at radius 1 is 1.60 bits per heavy atom. The molecule has 0 amide bonds. The van der Waals surface area contributed by atoms with E-state index in [1.54, 1.807) is 15.6 Å². The molecule has 2 rings (SSSR count). The summed E-state index contributed by atoms with van der Waals surface area (Å²) in [6, 6.07) is 2.35. The number of rotatable bonds is 5. The van der Waals surface area contributed by atoms with Crippen LogP contribution in [0.3, 0.4) is 0 Å². The Hall–Kier alpha value is 0.0500. The van der Waals surface area contributed by atoms with E-state index in [0.717, 1.165) is 23.7 Å². The SMILES string of the molecule is CNC(CC1CCCN(S(C)(=O)=O)C1)c1sccc1Br. The Labute approximate surface area is 133 Å². The van der Waals surface area contributed by atoms with Crippen LogP contribution in [0.4, 0.5) is 0 Å². The number of sulfonamides is 1. The third-order valence-electron chi connectivity index (χ3n) is 3.83. The zero-order valence-electron chi connectivity index (χ0n) is 11.8. The molecule has 114 valence electrons. The molecule has 4 nitrogen and oxygen atoms in total. The third-order valence-corrected chi connectivity index (χ3v) is 7.08. The van der Waals surface area contributed by atoms with E-state index in [-0.39, 0.29) is 6.04 Å².